The Balaban J connectivity index is 1.85. The van der Waals surface area contributed by atoms with Crippen LogP contribution in [0.3, 0.4) is 0 Å². The molecule has 10 N–H and O–H groups in total. The third-order valence-corrected chi connectivity index (χ3v) is 5.31. The molecule has 13 heteroatoms. The fourth-order valence-electron chi connectivity index (χ4n) is 3.41. The van der Waals surface area contributed by atoms with Gasteiger partial charge in [0.1, 0.15) is 42.7 Å². The number of carbonyl (C=O) groups excluding carboxylic acids is 1. The Morgan fingerprint density at radius 3 is 2.29 bits per heavy atom. The first-order valence-electron chi connectivity index (χ1n) is 10.4. The second kappa shape index (κ2) is 12.9. The molecule has 31 heavy (non-hydrogen) atoms. The van der Waals surface area contributed by atoms with Crippen molar-refractivity contribution in [3.8, 4) is 0 Å². The first kappa shape index (κ1) is 26.3. The normalized spacial score (nSPS) is 36.6. The van der Waals surface area contributed by atoms with Gasteiger partial charge in [0.15, 0.2) is 12.4 Å². The maximum Gasteiger partial charge on any atom is 0.251 e. The molecule has 9 unspecified atom stereocenters. The first-order valence-corrected chi connectivity index (χ1v) is 10.4. The summed E-state index contributed by atoms with van der Waals surface area (Å²) in [5.41, 5.74) is 5.39. The highest BCUT2D eigenvalue weighted by Gasteiger charge is 2.53. The minimum Gasteiger partial charge on any atom is -0.394 e. The van der Waals surface area contributed by atoms with Gasteiger partial charge >= 0.3 is 0 Å². The van der Waals surface area contributed by atoms with Crippen molar-refractivity contribution in [1.29, 1.82) is 0 Å². The molecule has 0 aromatic heterocycles. The van der Waals surface area contributed by atoms with Gasteiger partial charge < -0.3 is 61.2 Å². The molecule has 13 nitrogen and oxygen atoms in total. The topological polar surface area (TPSA) is 216 Å². The Bertz CT molecular complexity index is 543. The van der Waals surface area contributed by atoms with Gasteiger partial charge in [-0.2, -0.15) is 0 Å². The van der Waals surface area contributed by atoms with E-state index in [1.165, 1.54) is 0 Å². The molecule has 2 saturated heterocycles. The molecule has 0 aromatic rings. The lowest BCUT2D eigenvalue weighted by atomic mass is 9.94. The monoisotopic (exact) mass is 453 g/mol. The highest BCUT2D eigenvalue weighted by Crippen LogP contribution is 2.32. The number of hydrogen-bond acceptors (Lipinski definition) is 12. The van der Waals surface area contributed by atoms with E-state index in [0.717, 1.165) is 13.0 Å². The van der Waals surface area contributed by atoms with Crippen LogP contribution >= 0.6 is 0 Å². The lowest BCUT2D eigenvalue weighted by Gasteiger charge is -2.48. The highest BCUT2D eigenvalue weighted by atomic mass is 16.7. The fourth-order valence-corrected chi connectivity index (χ4v) is 3.41. The summed E-state index contributed by atoms with van der Waals surface area (Å²) in [5, 5.41) is 64.5. The highest BCUT2D eigenvalue weighted by molar-refractivity contribution is 5.81. The van der Waals surface area contributed by atoms with Gasteiger partial charge in [-0.1, -0.05) is 0 Å². The number of hydrogen-bond donors (Lipinski definition) is 9. The van der Waals surface area contributed by atoms with Gasteiger partial charge in [-0.3, -0.25) is 4.79 Å². The minimum atomic E-state index is -1.66. The first-order chi connectivity index (χ1) is 14.8. The number of carbonyl (C=O) groups is 1. The summed E-state index contributed by atoms with van der Waals surface area (Å²) in [5.74, 6) is -0.689. The predicted molar refractivity (Wildman–Crippen MR) is 105 cm³/mol. The summed E-state index contributed by atoms with van der Waals surface area (Å²) >= 11 is 0. The maximum atomic E-state index is 12.2. The van der Waals surface area contributed by atoms with Gasteiger partial charge in [-0.05, 0) is 32.5 Å². The lowest BCUT2D eigenvalue weighted by molar-refractivity contribution is -0.361. The molecule has 2 aliphatic heterocycles. The quantitative estimate of drug-likeness (QED) is 0.120. The lowest BCUT2D eigenvalue weighted by Crippen LogP contribution is -2.67. The Labute approximate surface area is 180 Å². The van der Waals surface area contributed by atoms with Gasteiger partial charge in [0.05, 0.1) is 13.2 Å². The zero-order valence-corrected chi connectivity index (χ0v) is 17.2. The SMILES string of the molecule is NCCCNCCCNC(=O)C(O)C1OC(CO)C1OC1OC(CO)C(O)C(O)C1O. The summed E-state index contributed by atoms with van der Waals surface area (Å²) in [7, 11) is 0. The summed E-state index contributed by atoms with van der Waals surface area (Å²) in [4.78, 5) is 12.2. The van der Waals surface area contributed by atoms with Crippen LogP contribution in [-0.4, -0.2) is 131 Å². The summed E-state index contributed by atoms with van der Waals surface area (Å²) in [6.45, 7) is 1.25. The zero-order valence-electron chi connectivity index (χ0n) is 17.2. The van der Waals surface area contributed by atoms with E-state index in [0.29, 0.717) is 26.1 Å². The molecule has 9 atom stereocenters. The standard InChI is InChI=1S/C18H35N3O10/c19-3-1-4-20-5-2-6-21-17(28)14(27)16-15(10(8-23)29-16)31-18-13(26)12(25)11(24)9(7-22)30-18/h9-16,18,20,22-27H,1-8,19H2,(H,21,28). The molecule has 0 radical (unpaired) electrons. The van der Waals surface area contributed by atoms with E-state index in [2.05, 4.69) is 10.6 Å². The molecule has 0 spiro atoms. The van der Waals surface area contributed by atoms with Gasteiger partial charge in [-0.25, -0.2) is 0 Å². The molecule has 1 amide bonds. The average Bonchev–Trinajstić information content (AvgIpc) is 2.75. The molecule has 2 fully saturated rings. The summed E-state index contributed by atoms with van der Waals surface area (Å²) in [6, 6.07) is 0. The summed E-state index contributed by atoms with van der Waals surface area (Å²) < 4.78 is 16.2. The maximum absolute atomic E-state index is 12.2. The van der Waals surface area contributed by atoms with Gasteiger partial charge in [0, 0.05) is 6.54 Å². The smallest absolute Gasteiger partial charge is 0.251 e. The van der Waals surface area contributed by atoms with Gasteiger partial charge in [0.2, 0.25) is 0 Å². The zero-order chi connectivity index (χ0) is 23.0. The Morgan fingerprint density at radius 2 is 1.65 bits per heavy atom. The molecule has 0 aromatic carbocycles. The second-order valence-electron chi connectivity index (χ2n) is 7.60. The number of aliphatic hydroxyl groups is 6. The van der Waals surface area contributed by atoms with Crippen molar-refractivity contribution in [3.05, 3.63) is 0 Å². The van der Waals surface area contributed by atoms with E-state index in [1.54, 1.807) is 0 Å². The summed E-state index contributed by atoms with van der Waals surface area (Å²) in [6.07, 6.45) is -10.7. The van der Waals surface area contributed by atoms with Gasteiger partial charge in [0.25, 0.3) is 5.91 Å². The van der Waals surface area contributed by atoms with E-state index in [4.69, 9.17) is 19.9 Å². The number of amides is 1. The van der Waals surface area contributed by atoms with E-state index < -0.39 is 74.2 Å². The Morgan fingerprint density at radius 1 is 0.968 bits per heavy atom. The van der Waals surface area contributed by atoms with Crippen LogP contribution in [0.25, 0.3) is 0 Å². The molecule has 0 bridgehead atoms. The van der Waals surface area contributed by atoms with Crippen LogP contribution in [0.4, 0.5) is 0 Å². The second-order valence-corrected chi connectivity index (χ2v) is 7.60. The average molecular weight is 453 g/mol. The van der Waals surface area contributed by atoms with Crippen molar-refractivity contribution in [2.75, 3.05) is 39.4 Å². The van der Waals surface area contributed by atoms with Crippen LogP contribution in [-0.2, 0) is 19.0 Å². The van der Waals surface area contributed by atoms with Crippen molar-refractivity contribution in [3.63, 3.8) is 0 Å². The van der Waals surface area contributed by atoms with Crippen LogP contribution in [0.2, 0.25) is 0 Å². The molecular weight excluding hydrogens is 418 g/mol. The van der Waals surface area contributed by atoms with Crippen molar-refractivity contribution in [1.82, 2.24) is 10.6 Å². The van der Waals surface area contributed by atoms with E-state index in [-0.39, 0.29) is 0 Å². The van der Waals surface area contributed by atoms with Crippen LogP contribution in [0.15, 0.2) is 0 Å². The minimum absolute atomic E-state index is 0.319. The van der Waals surface area contributed by atoms with E-state index in [9.17, 15) is 35.4 Å². The largest absolute Gasteiger partial charge is 0.394 e. The number of ether oxygens (including phenoxy) is 3. The number of rotatable bonds is 13. The van der Waals surface area contributed by atoms with Gasteiger partial charge in [-0.15, -0.1) is 0 Å². The number of nitrogens with one attached hydrogen (secondary N) is 2. The molecule has 182 valence electrons. The molecular formula is C18H35N3O10. The number of nitrogens with two attached hydrogens (primary N) is 1. The van der Waals surface area contributed by atoms with Crippen molar-refractivity contribution in [2.24, 2.45) is 5.73 Å². The Kier molecular flexibility index (Phi) is 10.9. The Hall–Kier alpha value is -0.970. The molecule has 2 aliphatic rings. The molecule has 2 rings (SSSR count). The van der Waals surface area contributed by atoms with Crippen molar-refractivity contribution < 1.29 is 49.6 Å². The van der Waals surface area contributed by atoms with Crippen molar-refractivity contribution in [2.45, 2.75) is 68.0 Å². The molecule has 0 saturated carbocycles. The van der Waals surface area contributed by atoms with Crippen molar-refractivity contribution >= 4 is 5.91 Å². The van der Waals surface area contributed by atoms with Crippen LogP contribution in [0, 0.1) is 0 Å². The third kappa shape index (κ3) is 6.76. The number of aliphatic hydroxyl groups excluding tert-OH is 6. The predicted octanol–water partition coefficient (Wildman–Crippen LogP) is -5.26. The fraction of sp³-hybridized carbons (Fsp3) is 0.944. The van der Waals surface area contributed by atoms with E-state index >= 15 is 0 Å². The van der Waals surface area contributed by atoms with Crippen LogP contribution < -0.4 is 16.4 Å². The van der Waals surface area contributed by atoms with E-state index in [1.807, 2.05) is 0 Å². The van der Waals surface area contributed by atoms with Crippen LogP contribution in [0.1, 0.15) is 12.8 Å². The molecule has 0 aliphatic carbocycles. The molecule has 2 heterocycles. The third-order valence-electron chi connectivity index (χ3n) is 5.31. The van der Waals surface area contributed by atoms with Crippen LogP contribution in [0.5, 0.6) is 0 Å².